The number of carbonyl (C=O) groups excluding carboxylic acids is 1. The van der Waals surface area contributed by atoms with Crippen molar-refractivity contribution >= 4 is 24.1 Å². The molecule has 1 fully saturated rings. The van der Waals surface area contributed by atoms with Crippen molar-refractivity contribution in [2.75, 3.05) is 37.6 Å². The van der Waals surface area contributed by atoms with Crippen LogP contribution in [0.3, 0.4) is 0 Å². The van der Waals surface area contributed by atoms with E-state index < -0.39 is 0 Å². The lowest BCUT2D eigenvalue weighted by molar-refractivity contribution is 0.194. The van der Waals surface area contributed by atoms with Crippen LogP contribution in [0.1, 0.15) is 30.9 Å². The van der Waals surface area contributed by atoms with Gasteiger partial charge in [0.1, 0.15) is 0 Å². The molecule has 0 atom stereocenters. The van der Waals surface area contributed by atoms with Crippen molar-refractivity contribution in [2.45, 2.75) is 33.6 Å². The molecule has 1 saturated heterocycles. The Balaban J connectivity index is 0.00000242. The van der Waals surface area contributed by atoms with Crippen LogP contribution < -0.4 is 10.2 Å². The number of nitrogens with one attached hydrogen (secondary N) is 1. The highest BCUT2D eigenvalue weighted by Crippen LogP contribution is 2.23. The van der Waals surface area contributed by atoms with Crippen LogP contribution >= 0.6 is 12.4 Å². The molecule has 1 heterocycles. The van der Waals surface area contributed by atoms with E-state index in [9.17, 15) is 4.79 Å². The first-order valence-electron chi connectivity index (χ1n) is 7.97. The normalized spacial score (nSPS) is 14.5. The molecule has 5 heteroatoms. The van der Waals surface area contributed by atoms with Crippen molar-refractivity contribution in [2.24, 2.45) is 0 Å². The fourth-order valence-electron chi connectivity index (χ4n) is 2.71. The molecule has 1 aliphatic rings. The average molecular weight is 326 g/mol. The number of aryl methyl sites for hydroxylation is 1. The molecule has 0 unspecified atom stereocenters. The summed E-state index contributed by atoms with van der Waals surface area (Å²) in [5, 5.41) is 3.00. The van der Waals surface area contributed by atoms with E-state index in [1.54, 1.807) is 0 Å². The molecule has 0 aromatic heterocycles. The number of rotatable bonds is 4. The second-order valence-corrected chi connectivity index (χ2v) is 5.78. The van der Waals surface area contributed by atoms with Gasteiger partial charge in [-0.15, -0.1) is 12.4 Å². The number of halogens is 1. The van der Waals surface area contributed by atoms with Crippen molar-refractivity contribution in [3.63, 3.8) is 0 Å². The first kappa shape index (κ1) is 18.6. The first-order valence-corrected chi connectivity index (χ1v) is 7.97. The average Bonchev–Trinajstić information content (AvgIpc) is 2.50. The molecule has 1 aromatic carbocycles. The summed E-state index contributed by atoms with van der Waals surface area (Å²) in [5.41, 5.74) is 3.98. The molecule has 0 bridgehead atoms. The summed E-state index contributed by atoms with van der Waals surface area (Å²) < 4.78 is 0. The Kier molecular flexibility index (Phi) is 7.52. The zero-order valence-electron chi connectivity index (χ0n) is 13.9. The highest BCUT2D eigenvalue weighted by atomic mass is 35.5. The Morgan fingerprint density at radius 2 is 1.86 bits per heavy atom. The van der Waals surface area contributed by atoms with Gasteiger partial charge < -0.3 is 15.1 Å². The number of nitrogens with zero attached hydrogens (tertiary/aromatic N) is 2. The number of anilines is 1. The van der Waals surface area contributed by atoms with E-state index in [1.807, 2.05) is 4.90 Å². The van der Waals surface area contributed by atoms with Crippen LogP contribution in [0.25, 0.3) is 0 Å². The number of carbonyl (C=O) groups is 1. The van der Waals surface area contributed by atoms with Crippen LogP contribution in [-0.2, 0) is 0 Å². The minimum Gasteiger partial charge on any atom is -0.368 e. The van der Waals surface area contributed by atoms with Crippen molar-refractivity contribution in [1.82, 2.24) is 10.2 Å². The highest BCUT2D eigenvalue weighted by Gasteiger charge is 2.21. The summed E-state index contributed by atoms with van der Waals surface area (Å²) in [6, 6.07) is 6.53. The van der Waals surface area contributed by atoms with Gasteiger partial charge in [0, 0.05) is 38.4 Å². The maximum atomic E-state index is 12.0. The zero-order valence-corrected chi connectivity index (χ0v) is 14.7. The van der Waals surface area contributed by atoms with Crippen molar-refractivity contribution in [3.8, 4) is 0 Å². The van der Waals surface area contributed by atoms with Gasteiger partial charge in [-0.3, -0.25) is 0 Å². The molecule has 0 aliphatic carbocycles. The lowest BCUT2D eigenvalue weighted by Gasteiger charge is -2.37. The Labute approximate surface area is 140 Å². The van der Waals surface area contributed by atoms with Crippen LogP contribution in [0, 0.1) is 13.8 Å². The van der Waals surface area contributed by atoms with Gasteiger partial charge in [-0.25, -0.2) is 4.79 Å². The molecule has 4 nitrogen and oxygen atoms in total. The zero-order chi connectivity index (χ0) is 15.2. The van der Waals surface area contributed by atoms with Gasteiger partial charge >= 0.3 is 6.03 Å². The monoisotopic (exact) mass is 325 g/mol. The summed E-state index contributed by atoms with van der Waals surface area (Å²) in [6.07, 6.45) is 2.16. The molecule has 1 N–H and O–H groups in total. The van der Waals surface area contributed by atoms with Gasteiger partial charge in [-0.2, -0.15) is 0 Å². The van der Waals surface area contributed by atoms with Crippen LogP contribution in [-0.4, -0.2) is 43.7 Å². The summed E-state index contributed by atoms with van der Waals surface area (Å²) in [4.78, 5) is 16.3. The minimum absolute atomic E-state index is 0. The van der Waals surface area contributed by atoms with E-state index in [-0.39, 0.29) is 18.4 Å². The Hall–Kier alpha value is -1.42. The third-order valence-electron chi connectivity index (χ3n) is 4.29. The van der Waals surface area contributed by atoms with E-state index in [2.05, 4.69) is 49.2 Å². The van der Waals surface area contributed by atoms with Gasteiger partial charge in [0.05, 0.1) is 0 Å². The molecular formula is C17H28ClN3O. The SMILES string of the molecule is CCCCNC(=O)N1CCN(c2cccc(C)c2C)CC1.Cl. The van der Waals surface area contributed by atoms with Crippen LogP contribution in [0.2, 0.25) is 0 Å². The largest absolute Gasteiger partial charge is 0.368 e. The number of amides is 2. The molecule has 1 aliphatic heterocycles. The molecule has 2 rings (SSSR count). The minimum atomic E-state index is 0. The number of benzene rings is 1. The third kappa shape index (κ3) is 4.54. The number of hydrogen-bond acceptors (Lipinski definition) is 2. The van der Waals surface area contributed by atoms with Crippen LogP contribution in [0.15, 0.2) is 18.2 Å². The quantitative estimate of drug-likeness (QED) is 0.862. The summed E-state index contributed by atoms with van der Waals surface area (Å²) in [6.45, 7) is 10.7. The second-order valence-electron chi connectivity index (χ2n) is 5.78. The van der Waals surface area contributed by atoms with E-state index in [0.717, 1.165) is 45.6 Å². The van der Waals surface area contributed by atoms with E-state index >= 15 is 0 Å². The molecule has 2 amide bonds. The summed E-state index contributed by atoms with van der Waals surface area (Å²) in [5.74, 6) is 0. The fraction of sp³-hybridized carbons (Fsp3) is 0.588. The van der Waals surface area contributed by atoms with Gasteiger partial charge in [0.25, 0.3) is 0 Å². The number of urea groups is 1. The predicted octanol–water partition coefficient (Wildman–Crippen LogP) is 3.36. The summed E-state index contributed by atoms with van der Waals surface area (Å²) in [7, 11) is 0. The topological polar surface area (TPSA) is 35.6 Å². The van der Waals surface area contributed by atoms with Crippen LogP contribution in [0.4, 0.5) is 10.5 Å². The van der Waals surface area contributed by atoms with Gasteiger partial charge in [-0.05, 0) is 37.5 Å². The molecule has 0 saturated carbocycles. The lowest BCUT2D eigenvalue weighted by Crippen LogP contribution is -2.52. The fourth-order valence-corrected chi connectivity index (χ4v) is 2.71. The smallest absolute Gasteiger partial charge is 0.317 e. The van der Waals surface area contributed by atoms with Crippen molar-refractivity contribution in [1.29, 1.82) is 0 Å². The van der Waals surface area contributed by atoms with Crippen molar-refractivity contribution < 1.29 is 4.79 Å². The Bertz CT molecular complexity index is 485. The van der Waals surface area contributed by atoms with Crippen molar-refractivity contribution in [3.05, 3.63) is 29.3 Å². The highest BCUT2D eigenvalue weighted by molar-refractivity contribution is 5.85. The molecule has 22 heavy (non-hydrogen) atoms. The maximum Gasteiger partial charge on any atom is 0.317 e. The number of hydrogen-bond donors (Lipinski definition) is 1. The molecule has 1 aromatic rings. The lowest BCUT2D eigenvalue weighted by atomic mass is 10.1. The number of unbranched alkanes of at least 4 members (excludes halogenated alkanes) is 1. The Morgan fingerprint density at radius 3 is 2.50 bits per heavy atom. The third-order valence-corrected chi connectivity index (χ3v) is 4.29. The van der Waals surface area contributed by atoms with E-state index in [1.165, 1.54) is 16.8 Å². The predicted molar refractivity (Wildman–Crippen MR) is 95.3 cm³/mol. The second kappa shape index (κ2) is 8.89. The standard InChI is InChI=1S/C17H27N3O.ClH/c1-4-5-9-18-17(21)20-12-10-19(11-13-20)16-8-6-7-14(2)15(16)3;/h6-8H,4-5,9-13H2,1-3H3,(H,18,21);1H. The molecular weight excluding hydrogens is 298 g/mol. The van der Waals surface area contributed by atoms with Gasteiger partial charge in [-0.1, -0.05) is 25.5 Å². The maximum absolute atomic E-state index is 12.0. The van der Waals surface area contributed by atoms with Gasteiger partial charge in [0.2, 0.25) is 0 Å². The molecule has 124 valence electrons. The number of piperazine rings is 1. The first-order chi connectivity index (χ1) is 10.1. The van der Waals surface area contributed by atoms with Crippen LogP contribution in [0.5, 0.6) is 0 Å². The van der Waals surface area contributed by atoms with E-state index in [4.69, 9.17) is 0 Å². The Morgan fingerprint density at radius 1 is 1.18 bits per heavy atom. The van der Waals surface area contributed by atoms with Gasteiger partial charge in [0.15, 0.2) is 0 Å². The summed E-state index contributed by atoms with van der Waals surface area (Å²) >= 11 is 0. The van der Waals surface area contributed by atoms with E-state index in [0.29, 0.717) is 0 Å². The molecule has 0 spiro atoms. The molecule has 0 radical (unpaired) electrons.